The molecule has 2 aromatic carbocycles. The van der Waals surface area contributed by atoms with E-state index in [4.69, 9.17) is 0 Å². The molecule has 34 heavy (non-hydrogen) atoms. The number of anilines is 4. The number of nitrogens with zero attached hydrogens (tertiary/aromatic N) is 4. The van der Waals surface area contributed by atoms with Gasteiger partial charge in [-0.1, -0.05) is 30.9 Å². The summed E-state index contributed by atoms with van der Waals surface area (Å²) in [5.74, 6) is 6.04. The third kappa shape index (κ3) is 5.58. The number of aryl methyl sites for hydroxylation is 1. The van der Waals surface area contributed by atoms with Crippen LogP contribution in [0.3, 0.4) is 0 Å². The van der Waals surface area contributed by atoms with Crippen LogP contribution in [0.25, 0.3) is 0 Å². The number of hydrogen-bond donors (Lipinski definition) is 2. The second kappa shape index (κ2) is 10.2. The SMILES string of the molecule is CCC#Cc1cc(C)c(Nc2ncc(C#N)c(Nc3ccccc3P(C)(C)=O)n2)cc1[N+](=O)[O-]. The molecule has 1 aromatic heterocycles. The zero-order valence-corrected chi connectivity index (χ0v) is 20.1. The molecule has 0 spiro atoms. The van der Waals surface area contributed by atoms with Crippen LogP contribution in [0.2, 0.25) is 0 Å². The van der Waals surface area contributed by atoms with E-state index in [-0.39, 0.29) is 23.0 Å². The molecule has 9 nitrogen and oxygen atoms in total. The lowest BCUT2D eigenvalue weighted by Gasteiger charge is -2.16. The van der Waals surface area contributed by atoms with Gasteiger partial charge in [0.1, 0.15) is 24.3 Å². The molecule has 0 radical (unpaired) electrons. The number of nitro benzene ring substituents is 1. The summed E-state index contributed by atoms with van der Waals surface area (Å²) in [7, 11) is -2.60. The first kappa shape index (κ1) is 24.4. The van der Waals surface area contributed by atoms with Crippen LogP contribution in [0.15, 0.2) is 42.6 Å². The van der Waals surface area contributed by atoms with Gasteiger partial charge in [-0.2, -0.15) is 10.2 Å². The molecule has 172 valence electrons. The average Bonchev–Trinajstić information content (AvgIpc) is 2.78. The molecule has 0 bridgehead atoms. The Balaban J connectivity index is 2.01. The highest BCUT2D eigenvalue weighted by Crippen LogP contribution is 2.38. The van der Waals surface area contributed by atoms with Crippen molar-refractivity contribution in [1.82, 2.24) is 9.97 Å². The largest absolute Gasteiger partial charge is 0.338 e. The fourth-order valence-electron chi connectivity index (χ4n) is 3.18. The second-order valence-corrected chi connectivity index (χ2v) is 11.0. The molecule has 2 N–H and O–H groups in total. The predicted molar refractivity (Wildman–Crippen MR) is 134 cm³/mol. The lowest BCUT2D eigenvalue weighted by atomic mass is 10.1. The van der Waals surface area contributed by atoms with Gasteiger partial charge in [-0.15, -0.1) is 0 Å². The Bertz CT molecular complexity index is 1410. The molecular weight excluding hydrogens is 451 g/mol. The quantitative estimate of drug-likeness (QED) is 0.219. The number of hydrogen-bond acceptors (Lipinski definition) is 8. The Kier molecular flexibility index (Phi) is 7.31. The van der Waals surface area contributed by atoms with Gasteiger partial charge < -0.3 is 15.2 Å². The fraction of sp³-hybridized carbons (Fsp3) is 0.208. The summed E-state index contributed by atoms with van der Waals surface area (Å²) in [6.45, 7) is 6.99. The van der Waals surface area contributed by atoms with Crippen molar-refractivity contribution in [2.45, 2.75) is 20.3 Å². The molecule has 0 aliphatic rings. The van der Waals surface area contributed by atoms with E-state index < -0.39 is 12.1 Å². The molecule has 0 unspecified atom stereocenters. The van der Waals surface area contributed by atoms with Crippen molar-refractivity contribution in [1.29, 1.82) is 5.26 Å². The summed E-state index contributed by atoms with van der Waals surface area (Å²) < 4.78 is 12.7. The zero-order chi connectivity index (χ0) is 24.9. The van der Waals surface area contributed by atoms with Crippen LogP contribution in [-0.4, -0.2) is 28.2 Å². The molecule has 0 aliphatic carbocycles. The number of benzene rings is 2. The molecule has 3 rings (SSSR count). The maximum atomic E-state index is 12.7. The van der Waals surface area contributed by atoms with E-state index in [1.165, 1.54) is 12.3 Å². The van der Waals surface area contributed by atoms with Crippen molar-refractivity contribution < 1.29 is 9.49 Å². The van der Waals surface area contributed by atoms with Gasteiger partial charge >= 0.3 is 0 Å². The summed E-state index contributed by atoms with van der Waals surface area (Å²) in [6.07, 6.45) is 1.93. The van der Waals surface area contributed by atoms with Gasteiger partial charge in [0, 0.05) is 17.8 Å². The van der Waals surface area contributed by atoms with Gasteiger partial charge in [0.05, 0.1) is 22.5 Å². The van der Waals surface area contributed by atoms with E-state index in [1.54, 1.807) is 50.6 Å². The van der Waals surface area contributed by atoms with Gasteiger partial charge in [-0.05, 0) is 44.0 Å². The molecule has 3 aromatic rings. The number of nitro groups is 1. The van der Waals surface area contributed by atoms with E-state index in [9.17, 15) is 19.9 Å². The zero-order valence-electron chi connectivity index (χ0n) is 19.2. The topological polar surface area (TPSA) is 134 Å². The number of aromatic nitrogens is 2. The van der Waals surface area contributed by atoms with E-state index in [0.29, 0.717) is 28.7 Å². The minimum atomic E-state index is -2.60. The number of para-hydroxylation sites is 1. The fourth-order valence-corrected chi connectivity index (χ4v) is 4.34. The van der Waals surface area contributed by atoms with Crippen molar-refractivity contribution in [3.63, 3.8) is 0 Å². The van der Waals surface area contributed by atoms with Crippen molar-refractivity contribution in [3.05, 3.63) is 69.4 Å². The summed E-state index contributed by atoms with van der Waals surface area (Å²) >= 11 is 0. The van der Waals surface area contributed by atoms with E-state index in [0.717, 1.165) is 5.56 Å². The van der Waals surface area contributed by atoms with Crippen molar-refractivity contribution in [2.24, 2.45) is 0 Å². The lowest BCUT2D eigenvalue weighted by Crippen LogP contribution is -2.11. The Morgan fingerprint density at radius 3 is 2.53 bits per heavy atom. The van der Waals surface area contributed by atoms with Crippen LogP contribution >= 0.6 is 7.14 Å². The maximum absolute atomic E-state index is 12.7. The maximum Gasteiger partial charge on any atom is 0.287 e. The molecule has 0 aliphatic heterocycles. The molecule has 0 fully saturated rings. The Hall–Kier alpha value is -4.20. The van der Waals surface area contributed by atoms with Crippen LogP contribution in [0.1, 0.15) is 30.0 Å². The molecule has 0 atom stereocenters. The molecule has 0 saturated heterocycles. The first-order valence-electron chi connectivity index (χ1n) is 10.4. The third-order valence-electron chi connectivity index (χ3n) is 4.83. The first-order valence-corrected chi connectivity index (χ1v) is 13.0. The minimum Gasteiger partial charge on any atom is -0.338 e. The summed E-state index contributed by atoms with van der Waals surface area (Å²) in [4.78, 5) is 19.7. The third-order valence-corrected chi connectivity index (χ3v) is 6.38. The Morgan fingerprint density at radius 1 is 1.15 bits per heavy atom. The molecule has 0 saturated carbocycles. The molecular formula is C24H23N6O3P. The summed E-state index contributed by atoms with van der Waals surface area (Å²) in [6, 6.07) is 12.2. The van der Waals surface area contributed by atoms with Crippen molar-refractivity contribution >= 4 is 41.3 Å². The molecule has 10 heteroatoms. The Labute approximate surface area is 197 Å². The van der Waals surface area contributed by atoms with Crippen LogP contribution in [-0.2, 0) is 4.57 Å². The monoisotopic (exact) mass is 474 g/mol. The second-order valence-electron chi connectivity index (χ2n) is 7.78. The highest BCUT2D eigenvalue weighted by atomic mass is 31.2. The van der Waals surface area contributed by atoms with E-state index in [1.807, 2.05) is 13.0 Å². The van der Waals surface area contributed by atoms with E-state index >= 15 is 0 Å². The van der Waals surface area contributed by atoms with E-state index in [2.05, 4.69) is 32.4 Å². The van der Waals surface area contributed by atoms with Crippen molar-refractivity contribution in [3.8, 4) is 17.9 Å². The normalized spacial score (nSPS) is 10.6. The Morgan fingerprint density at radius 2 is 1.88 bits per heavy atom. The standard InChI is InChI=1S/C24H23N6O3P/c1-5-6-9-17-12-16(2)20(13-21(17)30(31)32)28-24-26-15-18(14-25)23(29-24)27-19-10-7-8-11-22(19)34(3,4)33/h7-8,10-13,15H,5H2,1-4H3,(H2,26,27,28,29). The number of nitriles is 1. The number of rotatable bonds is 6. The highest BCUT2D eigenvalue weighted by molar-refractivity contribution is 7.70. The van der Waals surface area contributed by atoms with Gasteiger partial charge in [-0.3, -0.25) is 10.1 Å². The number of nitrogens with one attached hydrogen (secondary N) is 2. The summed E-state index contributed by atoms with van der Waals surface area (Å²) in [5, 5.41) is 27.8. The lowest BCUT2D eigenvalue weighted by molar-refractivity contribution is -0.385. The smallest absolute Gasteiger partial charge is 0.287 e. The van der Waals surface area contributed by atoms with Gasteiger partial charge in [0.15, 0.2) is 5.82 Å². The summed E-state index contributed by atoms with van der Waals surface area (Å²) in [5.41, 5.74) is 2.13. The van der Waals surface area contributed by atoms with Crippen LogP contribution in [0.5, 0.6) is 0 Å². The van der Waals surface area contributed by atoms with Gasteiger partial charge in [0.25, 0.3) is 5.69 Å². The highest BCUT2D eigenvalue weighted by Gasteiger charge is 2.19. The van der Waals surface area contributed by atoms with Crippen molar-refractivity contribution in [2.75, 3.05) is 24.0 Å². The first-order chi connectivity index (χ1) is 16.1. The molecule has 0 amide bonds. The van der Waals surface area contributed by atoms with Crippen LogP contribution in [0.4, 0.5) is 28.8 Å². The minimum absolute atomic E-state index is 0.128. The van der Waals surface area contributed by atoms with Crippen LogP contribution in [0, 0.1) is 40.2 Å². The van der Waals surface area contributed by atoms with Gasteiger partial charge in [0.2, 0.25) is 5.95 Å². The van der Waals surface area contributed by atoms with Gasteiger partial charge in [-0.25, -0.2) is 4.98 Å². The van der Waals surface area contributed by atoms with Crippen LogP contribution < -0.4 is 15.9 Å². The molecule has 1 heterocycles. The predicted octanol–water partition coefficient (Wildman–Crippen LogP) is 5.06. The average molecular weight is 474 g/mol.